The standard InChI is InChI=1S/C60H38N4.Pd/c1-5-21-37(22-6-1)49-53-41-29-13-15-31-43(41)55(61-53)50(38-23-7-2-8-24-38)57-45-33-17-19-35-47(45)59(63-57)52(40-27-11-4-12-28-40)60-48-36-20-18-34-46(48)58(64-60)51(39-25-9-3-10-26-39)56-44-32-16-14-30-42(44)54(49)62-56;/h1-36,41,43H;/q-2;+2. The van der Waals surface area contributed by atoms with Gasteiger partial charge in [-0.2, -0.15) is 0 Å². The van der Waals surface area contributed by atoms with E-state index in [-0.39, 0.29) is 32.3 Å². The first-order valence-corrected chi connectivity index (χ1v) is 22.0. The molecule has 9 aromatic rings. The Hall–Kier alpha value is -7.68. The molecule has 2 aliphatic carbocycles. The van der Waals surface area contributed by atoms with Crippen molar-refractivity contribution in [3.63, 3.8) is 0 Å². The van der Waals surface area contributed by atoms with Crippen LogP contribution in [0.25, 0.3) is 49.5 Å². The third-order valence-corrected chi connectivity index (χ3v) is 13.2. The minimum atomic E-state index is -0.0453. The second-order valence-corrected chi connectivity index (χ2v) is 16.7. The van der Waals surface area contributed by atoms with Gasteiger partial charge < -0.3 is 9.97 Å². The number of allylic oxidation sites excluding steroid dienone is 4. The molecule has 5 heteroatoms. The number of hydrogen-bond donors (Lipinski definition) is 0. The molecule has 0 saturated carbocycles. The molecule has 65 heavy (non-hydrogen) atoms. The van der Waals surface area contributed by atoms with Gasteiger partial charge in [0.15, 0.2) is 0 Å². The van der Waals surface area contributed by atoms with Gasteiger partial charge in [0.1, 0.15) is 0 Å². The van der Waals surface area contributed by atoms with E-state index in [9.17, 15) is 0 Å². The largest absolute Gasteiger partial charge is 2.00 e. The molecule has 0 saturated heterocycles. The zero-order valence-electron chi connectivity index (χ0n) is 35.0. The van der Waals surface area contributed by atoms with Crippen molar-refractivity contribution in [3.05, 3.63) is 280 Å². The van der Waals surface area contributed by atoms with E-state index in [4.69, 9.17) is 20.0 Å². The van der Waals surface area contributed by atoms with Gasteiger partial charge in [0.25, 0.3) is 0 Å². The second-order valence-electron chi connectivity index (χ2n) is 16.7. The molecule has 7 aromatic carbocycles. The van der Waals surface area contributed by atoms with E-state index in [0.29, 0.717) is 0 Å². The van der Waals surface area contributed by atoms with Gasteiger partial charge in [-0.1, -0.05) is 218 Å². The molecule has 2 aliphatic heterocycles. The van der Waals surface area contributed by atoms with Crippen LogP contribution in [0, 0.1) is 11.8 Å². The number of rotatable bonds is 4. The van der Waals surface area contributed by atoms with Crippen molar-refractivity contribution >= 4 is 61.0 Å². The third kappa shape index (κ3) is 6.16. The molecule has 308 valence electrons. The van der Waals surface area contributed by atoms with Crippen LogP contribution >= 0.6 is 0 Å². The summed E-state index contributed by atoms with van der Waals surface area (Å²) in [5.74, 6) is -0.0907. The Labute approximate surface area is 390 Å². The predicted octanol–water partition coefficient (Wildman–Crippen LogP) is 11.3. The molecule has 4 aliphatic rings. The summed E-state index contributed by atoms with van der Waals surface area (Å²) in [5, 5.41) is 6.08. The first-order chi connectivity index (χ1) is 31.8. The Kier molecular flexibility index (Phi) is 9.49. The molecule has 2 atom stereocenters. The SMILES string of the molecule is C1=CC2C3=NC(=C(c4ccccc4)c4[n-]c(c5ccccc45)C(c4ccccc4)=C4N=C(C(c5ccccc5)=c5[n-]c(c6ccccc56)=C3c3ccccc3)c3ccccc34)C2C=C1.[Pd+2]. The Morgan fingerprint density at radius 3 is 1.37 bits per heavy atom. The quantitative estimate of drug-likeness (QED) is 0.165. The first kappa shape index (κ1) is 39.0. The number of aliphatic imine (C=N–C) groups is 2. The van der Waals surface area contributed by atoms with Crippen LogP contribution in [0.4, 0.5) is 0 Å². The molecule has 2 unspecified atom stereocenters. The van der Waals surface area contributed by atoms with E-state index < -0.39 is 0 Å². The average Bonchev–Trinajstić information content (AvgIpc) is 4.14. The smallest absolute Gasteiger partial charge is 0.656 e. The maximum atomic E-state index is 5.92. The van der Waals surface area contributed by atoms with Gasteiger partial charge in [0, 0.05) is 23.0 Å². The van der Waals surface area contributed by atoms with Crippen molar-refractivity contribution in [3.8, 4) is 0 Å². The fraction of sp³-hybridized carbons (Fsp3) is 0.0333. The zero-order valence-corrected chi connectivity index (χ0v) is 36.6. The monoisotopic (exact) mass is 920 g/mol. The first-order valence-electron chi connectivity index (χ1n) is 22.0. The molecule has 13 rings (SSSR count). The van der Waals surface area contributed by atoms with Crippen LogP contribution in [0.2, 0.25) is 0 Å². The van der Waals surface area contributed by atoms with E-state index in [2.05, 4.69) is 218 Å². The second kappa shape index (κ2) is 15.8. The Morgan fingerprint density at radius 1 is 0.354 bits per heavy atom. The van der Waals surface area contributed by atoms with Gasteiger partial charge in [0.2, 0.25) is 0 Å². The van der Waals surface area contributed by atoms with Crippen LogP contribution in [0.1, 0.15) is 44.8 Å². The van der Waals surface area contributed by atoms with Crippen molar-refractivity contribution in [2.75, 3.05) is 0 Å². The fourth-order valence-electron chi connectivity index (χ4n) is 10.4. The van der Waals surface area contributed by atoms with E-state index in [1.807, 2.05) is 0 Å². The molecule has 0 fully saturated rings. The third-order valence-electron chi connectivity index (χ3n) is 13.2. The van der Waals surface area contributed by atoms with E-state index in [1.54, 1.807) is 0 Å². The van der Waals surface area contributed by atoms with Crippen molar-refractivity contribution in [2.45, 2.75) is 0 Å². The van der Waals surface area contributed by atoms with E-state index in [0.717, 1.165) is 122 Å². The molecule has 0 spiro atoms. The fourth-order valence-corrected chi connectivity index (χ4v) is 10.4. The van der Waals surface area contributed by atoms with Crippen LogP contribution < -0.4 is 20.7 Å². The summed E-state index contributed by atoms with van der Waals surface area (Å²) in [6.07, 6.45) is 9.01. The van der Waals surface area contributed by atoms with E-state index >= 15 is 0 Å². The van der Waals surface area contributed by atoms with Gasteiger partial charge in [-0.25, -0.2) is 4.99 Å². The van der Waals surface area contributed by atoms with Crippen LogP contribution in [0.3, 0.4) is 0 Å². The Bertz CT molecular complexity index is 3700. The number of aromatic nitrogens is 2. The van der Waals surface area contributed by atoms with Gasteiger partial charge in [-0.3, -0.25) is 4.99 Å². The summed E-state index contributed by atoms with van der Waals surface area (Å²) < 4.78 is 0. The van der Waals surface area contributed by atoms with E-state index in [1.165, 1.54) is 0 Å². The molecule has 4 nitrogen and oxygen atoms in total. The Morgan fingerprint density at radius 2 is 0.785 bits per heavy atom. The number of hydrogen-bond acceptors (Lipinski definition) is 2. The number of nitrogens with zero attached hydrogens (tertiary/aromatic N) is 4. The van der Waals surface area contributed by atoms with Gasteiger partial charge in [-0.15, -0.1) is 22.1 Å². The van der Waals surface area contributed by atoms with Crippen molar-refractivity contribution < 1.29 is 20.4 Å². The van der Waals surface area contributed by atoms with Crippen LogP contribution in [0.15, 0.2) is 234 Å². The summed E-state index contributed by atoms with van der Waals surface area (Å²) in [6, 6.07) is 68.9. The van der Waals surface area contributed by atoms with Crippen molar-refractivity contribution in [1.29, 1.82) is 0 Å². The number of benzene rings is 7. The maximum Gasteiger partial charge on any atom is 2.00 e. The predicted molar refractivity (Wildman–Crippen MR) is 262 cm³/mol. The summed E-state index contributed by atoms with van der Waals surface area (Å²) in [7, 11) is 0. The minimum Gasteiger partial charge on any atom is -0.656 e. The topological polar surface area (TPSA) is 52.9 Å². The van der Waals surface area contributed by atoms with Crippen LogP contribution in [-0.4, -0.2) is 11.4 Å². The van der Waals surface area contributed by atoms with Gasteiger partial charge >= 0.3 is 20.4 Å². The summed E-state index contributed by atoms with van der Waals surface area (Å²) in [4.78, 5) is 23.5. The van der Waals surface area contributed by atoms with Crippen LogP contribution in [0.5, 0.6) is 0 Å². The summed E-state index contributed by atoms with van der Waals surface area (Å²) in [5.41, 5.74) is 15.9. The maximum absolute atomic E-state index is 5.92. The molecule has 8 bridgehead atoms. The molecule has 4 heterocycles. The van der Waals surface area contributed by atoms with Gasteiger partial charge in [-0.05, 0) is 66.1 Å². The normalized spacial score (nSPS) is 17.3. The average molecular weight is 921 g/mol. The molecule has 0 radical (unpaired) electrons. The molecule has 2 aromatic heterocycles. The summed E-state index contributed by atoms with van der Waals surface area (Å²) in [6.45, 7) is 0. The molecule has 0 N–H and O–H groups in total. The minimum absolute atomic E-state index is 0. The molecular formula is C60H38N4Pd. The summed E-state index contributed by atoms with van der Waals surface area (Å²) >= 11 is 0. The van der Waals surface area contributed by atoms with Gasteiger partial charge in [0.05, 0.1) is 22.8 Å². The van der Waals surface area contributed by atoms with Crippen LogP contribution in [-0.2, 0) is 20.4 Å². The van der Waals surface area contributed by atoms with Crippen molar-refractivity contribution in [1.82, 2.24) is 9.97 Å². The Balaban J connectivity index is 0.00000444. The van der Waals surface area contributed by atoms with Crippen molar-refractivity contribution in [2.24, 2.45) is 21.8 Å². The molecular weight excluding hydrogens is 883 g/mol. The zero-order chi connectivity index (χ0) is 42.1. The molecule has 0 amide bonds.